The van der Waals surface area contributed by atoms with E-state index in [1.54, 1.807) is 24.3 Å². The summed E-state index contributed by atoms with van der Waals surface area (Å²) >= 11 is 3.37. The molecule has 0 spiro atoms. The third kappa shape index (κ3) is 6.10. The smallest absolute Gasteiger partial charge is 0.330 e. The average molecular weight is 434 g/mol. The topological polar surface area (TPSA) is 38.3 Å². The van der Waals surface area contributed by atoms with Crippen molar-refractivity contribution in [2.75, 3.05) is 11.9 Å². The number of alkyl halides is 4. The highest BCUT2D eigenvalue weighted by molar-refractivity contribution is 9.10. The summed E-state index contributed by atoms with van der Waals surface area (Å²) in [6.07, 6.45) is -3.62. The molecule has 0 aliphatic heterocycles. The number of rotatable bonds is 8. The summed E-state index contributed by atoms with van der Waals surface area (Å²) in [7, 11) is 0. The number of ether oxygens (including phenoxy) is 1. The summed E-state index contributed by atoms with van der Waals surface area (Å²) in [5, 5.41) is 2.70. The minimum absolute atomic E-state index is 0.156. The van der Waals surface area contributed by atoms with Crippen LogP contribution in [-0.2, 0) is 22.6 Å². The van der Waals surface area contributed by atoms with Crippen LogP contribution < -0.4 is 5.32 Å². The van der Waals surface area contributed by atoms with E-state index in [0.717, 1.165) is 10.0 Å². The lowest BCUT2D eigenvalue weighted by molar-refractivity contribution is -0.168. The summed E-state index contributed by atoms with van der Waals surface area (Å²) in [5.74, 6) is -4.44. The second-order valence-electron chi connectivity index (χ2n) is 5.57. The van der Waals surface area contributed by atoms with Gasteiger partial charge in [-0.15, -0.1) is 0 Å². The van der Waals surface area contributed by atoms with Gasteiger partial charge in [-0.2, -0.15) is 8.78 Å². The molecule has 0 saturated carbocycles. The zero-order chi connectivity index (χ0) is 19.2. The molecule has 2 aromatic carbocycles. The predicted molar refractivity (Wildman–Crippen MR) is 93.5 cm³/mol. The molecule has 0 aromatic heterocycles. The van der Waals surface area contributed by atoms with Gasteiger partial charge in [0.1, 0.15) is 6.61 Å². The number of carbonyl (C=O) groups excluding carboxylic acids is 1. The second kappa shape index (κ2) is 9.14. The molecule has 2 aromatic rings. The molecule has 0 bridgehead atoms. The molecule has 0 unspecified atom stereocenters. The monoisotopic (exact) mass is 433 g/mol. The van der Waals surface area contributed by atoms with Crippen LogP contribution >= 0.6 is 15.9 Å². The summed E-state index contributed by atoms with van der Waals surface area (Å²) in [5.41, 5.74) is 1.76. The maximum absolute atomic E-state index is 12.8. The summed E-state index contributed by atoms with van der Waals surface area (Å²) in [6.45, 7) is -1.64. The van der Waals surface area contributed by atoms with Crippen LogP contribution in [0.3, 0.4) is 0 Å². The van der Waals surface area contributed by atoms with Crippen LogP contribution in [0.15, 0.2) is 53.0 Å². The Labute approximate surface area is 156 Å². The van der Waals surface area contributed by atoms with Gasteiger partial charge in [0.2, 0.25) is 5.91 Å². The molecule has 1 N–H and O–H groups in total. The standard InChI is InChI=1S/C18H16BrF4NO2/c19-15-7-2-1-5-13(15)9-16(25)24-14-6-3-4-12(8-14)10-26-11-18(22,23)17(20)21/h1-8,17H,9-11H2,(H,24,25). The van der Waals surface area contributed by atoms with Crippen LogP contribution in [0.2, 0.25) is 0 Å². The molecular weight excluding hydrogens is 418 g/mol. The minimum atomic E-state index is -4.19. The van der Waals surface area contributed by atoms with E-state index in [2.05, 4.69) is 26.0 Å². The van der Waals surface area contributed by atoms with Crippen molar-refractivity contribution in [2.45, 2.75) is 25.4 Å². The molecule has 3 nitrogen and oxygen atoms in total. The molecule has 8 heteroatoms. The van der Waals surface area contributed by atoms with Gasteiger partial charge in [0.15, 0.2) is 0 Å². The van der Waals surface area contributed by atoms with Crippen LogP contribution in [0.1, 0.15) is 11.1 Å². The number of hydrogen-bond donors (Lipinski definition) is 1. The van der Waals surface area contributed by atoms with E-state index >= 15 is 0 Å². The van der Waals surface area contributed by atoms with Crippen molar-refractivity contribution in [2.24, 2.45) is 0 Å². The van der Waals surface area contributed by atoms with Gasteiger partial charge in [-0.05, 0) is 29.3 Å². The van der Waals surface area contributed by atoms with Gasteiger partial charge in [0.05, 0.1) is 13.0 Å². The van der Waals surface area contributed by atoms with Crippen LogP contribution in [0, 0.1) is 0 Å². The van der Waals surface area contributed by atoms with Gasteiger partial charge >= 0.3 is 12.3 Å². The molecule has 0 heterocycles. The molecule has 140 valence electrons. The molecule has 26 heavy (non-hydrogen) atoms. The summed E-state index contributed by atoms with van der Waals surface area (Å²) in [4.78, 5) is 12.1. The Bertz CT molecular complexity index is 755. The van der Waals surface area contributed by atoms with Crippen molar-refractivity contribution in [1.29, 1.82) is 0 Å². The number of halogens is 5. The summed E-state index contributed by atoms with van der Waals surface area (Å²) in [6, 6.07) is 13.7. The van der Waals surface area contributed by atoms with Crippen molar-refractivity contribution < 1.29 is 27.1 Å². The van der Waals surface area contributed by atoms with Crippen molar-refractivity contribution in [3.8, 4) is 0 Å². The number of nitrogens with one attached hydrogen (secondary N) is 1. The molecule has 0 atom stereocenters. The maximum atomic E-state index is 12.8. The Balaban J connectivity index is 1.90. The number of hydrogen-bond acceptors (Lipinski definition) is 2. The lowest BCUT2D eigenvalue weighted by Crippen LogP contribution is -2.32. The second-order valence-corrected chi connectivity index (χ2v) is 6.43. The van der Waals surface area contributed by atoms with Crippen molar-refractivity contribution in [3.63, 3.8) is 0 Å². The third-order valence-electron chi connectivity index (χ3n) is 3.40. The van der Waals surface area contributed by atoms with Crippen LogP contribution in [0.5, 0.6) is 0 Å². The molecule has 0 aliphatic rings. The quantitative estimate of drug-likeness (QED) is 0.591. The zero-order valence-electron chi connectivity index (χ0n) is 13.5. The number of amides is 1. The largest absolute Gasteiger partial charge is 0.370 e. The van der Waals surface area contributed by atoms with Crippen molar-refractivity contribution in [3.05, 3.63) is 64.1 Å². The fraction of sp³-hybridized carbons (Fsp3) is 0.278. The van der Waals surface area contributed by atoms with Gasteiger partial charge < -0.3 is 10.1 Å². The van der Waals surface area contributed by atoms with E-state index in [1.165, 1.54) is 0 Å². The predicted octanol–water partition coefficient (Wildman–Crippen LogP) is 5.05. The maximum Gasteiger partial charge on any atom is 0.330 e. The first-order chi connectivity index (χ1) is 12.3. The van der Waals surface area contributed by atoms with E-state index in [4.69, 9.17) is 0 Å². The molecular formula is C18H16BrF4NO2. The molecule has 0 aliphatic carbocycles. The highest BCUT2D eigenvalue weighted by Crippen LogP contribution is 2.23. The number of carbonyl (C=O) groups is 1. The van der Waals surface area contributed by atoms with Crippen LogP contribution in [-0.4, -0.2) is 24.9 Å². The highest BCUT2D eigenvalue weighted by Gasteiger charge is 2.40. The molecule has 0 fully saturated rings. The van der Waals surface area contributed by atoms with Crippen LogP contribution in [0.25, 0.3) is 0 Å². The first-order valence-corrected chi connectivity index (χ1v) is 8.43. The normalized spacial score (nSPS) is 11.6. The SMILES string of the molecule is O=C(Cc1ccccc1Br)Nc1cccc(COCC(F)(F)C(F)F)c1. The molecule has 0 radical (unpaired) electrons. The number of anilines is 1. The van der Waals surface area contributed by atoms with Crippen LogP contribution in [0.4, 0.5) is 23.2 Å². The fourth-order valence-corrected chi connectivity index (χ4v) is 2.55. The van der Waals surface area contributed by atoms with Crippen molar-refractivity contribution >= 4 is 27.5 Å². The van der Waals surface area contributed by atoms with E-state index in [0.29, 0.717) is 11.3 Å². The van der Waals surface area contributed by atoms with Gasteiger partial charge in [0.25, 0.3) is 0 Å². The minimum Gasteiger partial charge on any atom is -0.370 e. The Morgan fingerprint density at radius 1 is 1.15 bits per heavy atom. The Kier molecular flexibility index (Phi) is 7.16. The Morgan fingerprint density at radius 2 is 1.88 bits per heavy atom. The first-order valence-electron chi connectivity index (χ1n) is 7.64. The Morgan fingerprint density at radius 3 is 2.58 bits per heavy atom. The lowest BCUT2D eigenvalue weighted by Gasteiger charge is -2.15. The van der Waals surface area contributed by atoms with E-state index in [1.807, 2.05) is 24.3 Å². The van der Waals surface area contributed by atoms with E-state index < -0.39 is 19.0 Å². The van der Waals surface area contributed by atoms with Gasteiger partial charge in [-0.25, -0.2) is 8.78 Å². The van der Waals surface area contributed by atoms with E-state index in [-0.39, 0.29) is 18.9 Å². The summed E-state index contributed by atoms with van der Waals surface area (Å²) < 4.78 is 55.2. The number of benzene rings is 2. The van der Waals surface area contributed by atoms with Crippen molar-refractivity contribution in [1.82, 2.24) is 0 Å². The first kappa shape index (κ1) is 20.4. The lowest BCUT2D eigenvalue weighted by atomic mass is 10.1. The molecule has 2 rings (SSSR count). The fourth-order valence-electron chi connectivity index (χ4n) is 2.13. The molecule has 1 amide bonds. The average Bonchev–Trinajstić information content (AvgIpc) is 2.57. The highest BCUT2D eigenvalue weighted by atomic mass is 79.9. The Hall–Kier alpha value is -1.93. The van der Waals surface area contributed by atoms with Gasteiger partial charge in [0, 0.05) is 10.2 Å². The zero-order valence-corrected chi connectivity index (χ0v) is 15.1. The molecule has 0 saturated heterocycles. The third-order valence-corrected chi connectivity index (χ3v) is 4.18. The van der Waals surface area contributed by atoms with E-state index in [9.17, 15) is 22.4 Å². The van der Waals surface area contributed by atoms with Gasteiger partial charge in [-0.1, -0.05) is 46.3 Å². The van der Waals surface area contributed by atoms with Gasteiger partial charge in [-0.3, -0.25) is 4.79 Å².